The molecule has 0 heterocycles. The first kappa shape index (κ1) is 18.5. The molecule has 0 unspecified atom stereocenters. The minimum Gasteiger partial charge on any atom is -0.379 e. The second-order valence-electron chi connectivity index (χ2n) is 5.82. The predicted octanol–water partition coefficient (Wildman–Crippen LogP) is 4.41. The average molecular weight is 382 g/mol. The predicted molar refractivity (Wildman–Crippen MR) is 105 cm³/mol. The summed E-state index contributed by atoms with van der Waals surface area (Å²) in [6.45, 7) is 1.90. The zero-order valence-electron chi connectivity index (χ0n) is 14.5. The van der Waals surface area contributed by atoms with Crippen molar-refractivity contribution in [3.8, 4) is 5.75 Å². The standard InChI is InChI=1S/C20H18N2O4S/c1-15-10-12-18(13-11-15)26-27(24,25)19-9-5-8-17(14-19)22-20(23)21-16-6-3-2-4-7-16/h2-14H,1H3,(H2,21,22,23). The number of nitrogens with one attached hydrogen (secondary N) is 2. The largest absolute Gasteiger partial charge is 0.379 e. The van der Waals surface area contributed by atoms with Gasteiger partial charge in [0, 0.05) is 11.4 Å². The zero-order chi connectivity index (χ0) is 19.3. The number of hydrogen-bond donors (Lipinski definition) is 2. The van der Waals surface area contributed by atoms with E-state index in [1.54, 1.807) is 54.6 Å². The molecule has 3 aromatic rings. The molecule has 0 radical (unpaired) electrons. The minimum absolute atomic E-state index is 0.0550. The maximum Gasteiger partial charge on any atom is 0.339 e. The summed E-state index contributed by atoms with van der Waals surface area (Å²) in [5, 5.41) is 5.27. The van der Waals surface area contributed by atoms with Crippen molar-refractivity contribution >= 4 is 27.5 Å². The van der Waals surface area contributed by atoms with Crippen molar-refractivity contribution in [3.05, 3.63) is 84.4 Å². The maximum atomic E-state index is 12.5. The van der Waals surface area contributed by atoms with E-state index < -0.39 is 16.1 Å². The second-order valence-corrected chi connectivity index (χ2v) is 7.37. The van der Waals surface area contributed by atoms with Gasteiger partial charge in [0.15, 0.2) is 0 Å². The van der Waals surface area contributed by atoms with E-state index in [-0.39, 0.29) is 10.6 Å². The van der Waals surface area contributed by atoms with Crippen LogP contribution in [-0.2, 0) is 10.1 Å². The number of amides is 2. The highest BCUT2D eigenvalue weighted by Gasteiger charge is 2.17. The van der Waals surface area contributed by atoms with Gasteiger partial charge >= 0.3 is 16.1 Å². The molecule has 0 saturated carbocycles. The van der Waals surface area contributed by atoms with Crippen molar-refractivity contribution in [1.29, 1.82) is 0 Å². The molecule has 27 heavy (non-hydrogen) atoms. The highest BCUT2D eigenvalue weighted by molar-refractivity contribution is 7.87. The molecule has 0 bridgehead atoms. The highest BCUT2D eigenvalue weighted by Crippen LogP contribution is 2.21. The van der Waals surface area contributed by atoms with Crippen LogP contribution in [0.15, 0.2) is 83.8 Å². The molecule has 3 aromatic carbocycles. The number of rotatable bonds is 5. The number of carbonyl (C=O) groups is 1. The molecule has 0 aliphatic heterocycles. The number of para-hydroxylation sites is 1. The van der Waals surface area contributed by atoms with Gasteiger partial charge in [0.05, 0.1) is 0 Å². The average Bonchev–Trinajstić information content (AvgIpc) is 2.64. The van der Waals surface area contributed by atoms with Crippen LogP contribution in [0.1, 0.15) is 5.56 Å². The van der Waals surface area contributed by atoms with E-state index in [1.165, 1.54) is 18.2 Å². The molecule has 0 aromatic heterocycles. The Balaban J connectivity index is 1.72. The Bertz CT molecular complexity index is 1030. The van der Waals surface area contributed by atoms with Gasteiger partial charge in [-0.1, -0.05) is 42.0 Å². The van der Waals surface area contributed by atoms with Crippen LogP contribution in [0.2, 0.25) is 0 Å². The van der Waals surface area contributed by atoms with Gasteiger partial charge in [-0.3, -0.25) is 0 Å². The fourth-order valence-electron chi connectivity index (χ4n) is 2.31. The summed E-state index contributed by atoms with van der Waals surface area (Å²) in [6.07, 6.45) is 0. The van der Waals surface area contributed by atoms with E-state index in [9.17, 15) is 13.2 Å². The monoisotopic (exact) mass is 382 g/mol. The van der Waals surface area contributed by atoms with Gasteiger partial charge in [-0.2, -0.15) is 8.42 Å². The lowest BCUT2D eigenvalue weighted by Gasteiger charge is -2.10. The Hall–Kier alpha value is -3.32. The molecule has 138 valence electrons. The van der Waals surface area contributed by atoms with E-state index in [1.807, 2.05) is 13.0 Å². The molecule has 0 spiro atoms. The van der Waals surface area contributed by atoms with Crippen molar-refractivity contribution < 1.29 is 17.4 Å². The summed E-state index contributed by atoms with van der Waals surface area (Å²) in [7, 11) is -4.02. The number of urea groups is 1. The Morgan fingerprint density at radius 2 is 1.44 bits per heavy atom. The molecule has 2 N–H and O–H groups in total. The molecule has 7 heteroatoms. The topological polar surface area (TPSA) is 84.5 Å². The van der Waals surface area contributed by atoms with Crippen LogP contribution in [0.25, 0.3) is 0 Å². The molecule has 0 atom stereocenters. The Kier molecular flexibility index (Phi) is 5.42. The number of aryl methyl sites for hydroxylation is 1. The lowest BCUT2D eigenvalue weighted by atomic mass is 10.2. The second kappa shape index (κ2) is 7.92. The fourth-order valence-corrected chi connectivity index (χ4v) is 3.29. The lowest BCUT2D eigenvalue weighted by molar-refractivity contribution is 0.262. The molecule has 2 amide bonds. The normalized spacial score (nSPS) is 10.9. The SMILES string of the molecule is Cc1ccc(OS(=O)(=O)c2cccc(NC(=O)Nc3ccccc3)c2)cc1. The van der Waals surface area contributed by atoms with Crippen LogP contribution in [0, 0.1) is 6.92 Å². The molecular formula is C20H18N2O4S. The van der Waals surface area contributed by atoms with Gasteiger partial charge in [-0.15, -0.1) is 0 Å². The summed E-state index contributed by atoms with van der Waals surface area (Å²) in [4.78, 5) is 12.0. The third-order valence-corrected chi connectivity index (χ3v) is 4.88. The van der Waals surface area contributed by atoms with Crippen molar-refractivity contribution in [2.45, 2.75) is 11.8 Å². The van der Waals surface area contributed by atoms with Gasteiger partial charge < -0.3 is 14.8 Å². The van der Waals surface area contributed by atoms with Crippen LogP contribution >= 0.6 is 0 Å². The summed E-state index contributed by atoms with van der Waals surface area (Å²) < 4.78 is 30.1. The molecule has 0 aliphatic rings. The van der Waals surface area contributed by atoms with Crippen molar-refractivity contribution in [1.82, 2.24) is 0 Å². The first-order valence-electron chi connectivity index (χ1n) is 8.17. The molecular weight excluding hydrogens is 364 g/mol. The summed E-state index contributed by atoms with van der Waals surface area (Å²) in [5.74, 6) is 0.223. The Morgan fingerprint density at radius 3 is 2.15 bits per heavy atom. The number of hydrogen-bond acceptors (Lipinski definition) is 4. The number of anilines is 2. The van der Waals surface area contributed by atoms with Crippen LogP contribution < -0.4 is 14.8 Å². The van der Waals surface area contributed by atoms with Gasteiger partial charge in [0.1, 0.15) is 10.6 Å². The molecule has 0 saturated heterocycles. The third-order valence-electron chi connectivity index (χ3n) is 3.64. The van der Waals surface area contributed by atoms with Gasteiger partial charge in [0.25, 0.3) is 0 Å². The van der Waals surface area contributed by atoms with Gasteiger partial charge in [-0.05, 0) is 49.4 Å². The first-order chi connectivity index (χ1) is 12.9. The first-order valence-corrected chi connectivity index (χ1v) is 9.57. The van der Waals surface area contributed by atoms with Crippen LogP contribution in [-0.4, -0.2) is 14.4 Å². The van der Waals surface area contributed by atoms with Gasteiger partial charge in [0.2, 0.25) is 0 Å². The summed E-state index contributed by atoms with van der Waals surface area (Å²) in [6, 6.07) is 21.0. The van der Waals surface area contributed by atoms with E-state index in [0.29, 0.717) is 11.4 Å². The fraction of sp³-hybridized carbons (Fsp3) is 0.0500. The van der Waals surface area contributed by atoms with Crippen molar-refractivity contribution in [2.75, 3.05) is 10.6 Å². The zero-order valence-corrected chi connectivity index (χ0v) is 15.4. The van der Waals surface area contributed by atoms with E-state index >= 15 is 0 Å². The van der Waals surface area contributed by atoms with Crippen molar-refractivity contribution in [2.24, 2.45) is 0 Å². The number of carbonyl (C=O) groups excluding carboxylic acids is 1. The smallest absolute Gasteiger partial charge is 0.339 e. The highest BCUT2D eigenvalue weighted by atomic mass is 32.2. The summed E-state index contributed by atoms with van der Waals surface area (Å²) >= 11 is 0. The lowest BCUT2D eigenvalue weighted by Crippen LogP contribution is -2.19. The van der Waals surface area contributed by atoms with E-state index in [2.05, 4.69) is 10.6 Å². The number of benzene rings is 3. The van der Waals surface area contributed by atoms with Crippen LogP contribution in [0.5, 0.6) is 5.75 Å². The molecule has 0 fully saturated rings. The third kappa shape index (κ3) is 5.08. The van der Waals surface area contributed by atoms with E-state index in [0.717, 1.165) is 5.56 Å². The minimum atomic E-state index is -4.02. The Morgan fingerprint density at radius 1 is 0.815 bits per heavy atom. The quantitative estimate of drug-likeness (QED) is 0.640. The van der Waals surface area contributed by atoms with Gasteiger partial charge in [-0.25, -0.2) is 4.79 Å². The maximum absolute atomic E-state index is 12.5. The van der Waals surface area contributed by atoms with E-state index in [4.69, 9.17) is 4.18 Å². The summed E-state index contributed by atoms with van der Waals surface area (Å²) in [5.41, 5.74) is 1.95. The molecule has 3 rings (SSSR count). The Labute approximate surface area is 157 Å². The van der Waals surface area contributed by atoms with Crippen LogP contribution in [0.3, 0.4) is 0 Å². The van der Waals surface area contributed by atoms with Crippen molar-refractivity contribution in [3.63, 3.8) is 0 Å². The molecule has 0 aliphatic carbocycles. The molecule has 6 nitrogen and oxygen atoms in total. The van der Waals surface area contributed by atoms with Crippen LogP contribution in [0.4, 0.5) is 16.2 Å².